The molecule has 3 aromatic rings. The fraction of sp³-hybridized carbons (Fsp3) is 0.455. The van der Waals surface area contributed by atoms with Crippen LogP contribution in [0.1, 0.15) is 40.8 Å². The van der Waals surface area contributed by atoms with Crippen LogP contribution in [-0.2, 0) is 19.4 Å². The van der Waals surface area contributed by atoms with Gasteiger partial charge in [-0.05, 0) is 49.9 Å². The van der Waals surface area contributed by atoms with Gasteiger partial charge in [0.05, 0.1) is 11.4 Å². The molecule has 146 valence electrons. The van der Waals surface area contributed by atoms with Gasteiger partial charge in [0.15, 0.2) is 0 Å². The number of nitrogens with zero attached hydrogens (tertiary/aromatic N) is 4. The molecule has 2 aliphatic rings. The van der Waals surface area contributed by atoms with Crippen molar-refractivity contribution in [3.63, 3.8) is 0 Å². The third-order valence-corrected chi connectivity index (χ3v) is 7.12. The molecule has 1 unspecified atom stereocenters. The highest BCUT2D eigenvalue weighted by Gasteiger charge is 2.28. The Morgan fingerprint density at radius 2 is 1.96 bits per heavy atom. The first-order valence-electron chi connectivity index (χ1n) is 10.2. The summed E-state index contributed by atoms with van der Waals surface area (Å²) < 4.78 is 6.09. The molecule has 5 rings (SSSR count). The van der Waals surface area contributed by atoms with Crippen LogP contribution in [-0.4, -0.2) is 46.7 Å². The van der Waals surface area contributed by atoms with Crippen LogP contribution in [0.5, 0.6) is 0 Å². The van der Waals surface area contributed by atoms with E-state index in [-0.39, 0.29) is 0 Å². The Bertz CT molecular complexity index is 912. The quantitative estimate of drug-likeness (QED) is 0.665. The molecule has 1 aliphatic carbocycles. The molecular formula is C22H26N4OS. The normalized spacial score (nSPS) is 21.0. The average molecular weight is 395 g/mol. The van der Waals surface area contributed by atoms with Gasteiger partial charge in [0.1, 0.15) is 0 Å². The van der Waals surface area contributed by atoms with E-state index in [2.05, 4.69) is 63.4 Å². The predicted octanol–water partition coefficient (Wildman–Crippen LogP) is 4.17. The van der Waals surface area contributed by atoms with Gasteiger partial charge in [0.25, 0.3) is 5.89 Å². The first-order valence-corrected chi connectivity index (χ1v) is 11.0. The molecule has 6 heteroatoms. The maximum absolute atomic E-state index is 6.09. The van der Waals surface area contributed by atoms with Gasteiger partial charge in [-0.1, -0.05) is 30.3 Å². The molecule has 1 atom stereocenters. The summed E-state index contributed by atoms with van der Waals surface area (Å²) >= 11 is 1.83. The van der Waals surface area contributed by atoms with Gasteiger partial charge in [-0.25, -0.2) is 0 Å². The van der Waals surface area contributed by atoms with Gasteiger partial charge in [0.2, 0.25) is 5.89 Å². The Kier molecular flexibility index (Phi) is 5.01. The van der Waals surface area contributed by atoms with Crippen molar-refractivity contribution in [2.24, 2.45) is 0 Å². The van der Waals surface area contributed by atoms with Crippen LogP contribution in [0.4, 0.5) is 0 Å². The number of aromatic nitrogens is 2. The molecule has 28 heavy (non-hydrogen) atoms. The Balaban J connectivity index is 1.35. The Morgan fingerprint density at radius 1 is 1.11 bits per heavy atom. The standard InChI is InChI=1S/C22H26N4OS/c1-25-11-12-26(18(14-25)16-7-3-2-4-8-16)15-21-23-24-22(27-21)20-13-17-9-5-6-10-19(17)28-20/h2-4,7-8,13,18H,5-6,9-12,14-15H2,1H3. The maximum Gasteiger partial charge on any atom is 0.257 e. The van der Waals surface area contributed by atoms with Gasteiger partial charge < -0.3 is 9.32 Å². The molecule has 0 radical (unpaired) electrons. The molecule has 0 saturated carbocycles. The summed E-state index contributed by atoms with van der Waals surface area (Å²) in [6.45, 7) is 3.77. The summed E-state index contributed by atoms with van der Waals surface area (Å²) in [6, 6.07) is 13.4. The molecule has 1 saturated heterocycles. The van der Waals surface area contributed by atoms with Crippen LogP contribution >= 0.6 is 11.3 Å². The third kappa shape index (κ3) is 3.64. The molecule has 3 heterocycles. The molecule has 1 aromatic carbocycles. The van der Waals surface area contributed by atoms with Crippen molar-refractivity contribution >= 4 is 11.3 Å². The third-order valence-electron chi connectivity index (χ3n) is 5.89. The molecule has 0 bridgehead atoms. The second-order valence-corrected chi connectivity index (χ2v) is 9.06. The minimum absolute atomic E-state index is 0.351. The van der Waals surface area contributed by atoms with Crippen LogP contribution in [0.2, 0.25) is 0 Å². The number of fused-ring (bicyclic) bond motifs is 1. The number of thiophene rings is 1. The number of piperazine rings is 1. The van der Waals surface area contributed by atoms with Crippen molar-refractivity contribution in [2.45, 2.75) is 38.3 Å². The van der Waals surface area contributed by atoms with Crippen molar-refractivity contribution in [1.82, 2.24) is 20.0 Å². The second-order valence-electron chi connectivity index (χ2n) is 7.93. The first kappa shape index (κ1) is 18.0. The smallest absolute Gasteiger partial charge is 0.257 e. The van der Waals surface area contributed by atoms with Crippen LogP contribution in [0.3, 0.4) is 0 Å². The predicted molar refractivity (Wildman–Crippen MR) is 111 cm³/mol. The lowest BCUT2D eigenvalue weighted by molar-refractivity contribution is 0.0759. The van der Waals surface area contributed by atoms with E-state index in [0.717, 1.165) is 24.5 Å². The lowest BCUT2D eigenvalue weighted by Gasteiger charge is -2.39. The van der Waals surface area contributed by atoms with Crippen molar-refractivity contribution in [1.29, 1.82) is 0 Å². The highest BCUT2D eigenvalue weighted by molar-refractivity contribution is 7.15. The number of benzene rings is 1. The summed E-state index contributed by atoms with van der Waals surface area (Å²) in [5.74, 6) is 1.40. The fourth-order valence-electron chi connectivity index (χ4n) is 4.32. The van der Waals surface area contributed by atoms with E-state index in [9.17, 15) is 0 Å². The van der Waals surface area contributed by atoms with E-state index in [1.54, 1.807) is 0 Å². The summed E-state index contributed by atoms with van der Waals surface area (Å²) in [7, 11) is 2.19. The van der Waals surface area contributed by atoms with Crippen LogP contribution in [0.25, 0.3) is 10.8 Å². The van der Waals surface area contributed by atoms with E-state index < -0.39 is 0 Å². The second kappa shape index (κ2) is 7.78. The molecule has 2 aromatic heterocycles. The molecule has 0 spiro atoms. The number of aryl methyl sites for hydroxylation is 2. The number of rotatable bonds is 4. The molecule has 5 nitrogen and oxygen atoms in total. The monoisotopic (exact) mass is 394 g/mol. The van der Waals surface area contributed by atoms with Crippen LogP contribution in [0, 0.1) is 0 Å². The molecular weight excluding hydrogens is 368 g/mol. The van der Waals surface area contributed by atoms with Crippen LogP contribution in [0.15, 0.2) is 40.8 Å². The van der Waals surface area contributed by atoms with E-state index in [1.165, 1.54) is 41.7 Å². The number of hydrogen-bond donors (Lipinski definition) is 0. The van der Waals surface area contributed by atoms with Crippen molar-refractivity contribution in [3.05, 3.63) is 58.3 Å². The van der Waals surface area contributed by atoms with E-state index >= 15 is 0 Å². The molecule has 0 amide bonds. The van der Waals surface area contributed by atoms with Gasteiger partial charge in [-0.3, -0.25) is 4.90 Å². The average Bonchev–Trinajstić information content (AvgIpc) is 3.36. The summed E-state index contributed by atoms with van der Waals surface area (Å²) in [6.07, 6.45) is 4.97. The van der Waals surface area contributed by atoms with Gasteiger partial charge in [0, 0.05) is 30.6 Å². The topological polar surface area (TPSA) is 45.4 Å². The van der Waals surface area contributed by atoms with Gasteiger partial charge in [-0.15, -0.1) is 21.5 Å². The van der Waals surface area contributed by atoms with Gasteiger partial charge >= 0.3 is 0 Å². The van der Waals surface area contributed by atoms with Crippen LogP contribution < -0.4 is 0 Å². The molecule has 1 fully saturated rings. The Labute approximate surface area is 170 Å². The summed E-state index contributed by atoms with van der Waals surface area (Å²) in [5, 5.41) is 8.74. The number of hydrogen-bond acceptors (Lipinski definition) is 6. The Morgan fingerprint density at radius 3 is 2.82 bits per heavy atom. The first-order chi connectivity index (χ1) is 13.8. The highest BCUT2D eigenvalue weighted by atomic mass is 32.1. The largest absolute Gasteiger partial charge is 0.419 e. The zero-order valence-electron chi connectivity index (χ0n) is 16.3. The zero-order chi connectivity index (χ0) is 18.9. The number of likely N-dealkylation sites (N-methyl/N-ethyl adjacent to an activating group) is 1. The maximum atomic E-state index is 6.09. The lowest BCUT2D eigenvalue weighted by atomic mass is 9.99. The summed E-state index contributed by atoms with van der Waals surface area (Å²) in [4.78, 5) is 7.49. The Hall–Kier alpha value is -2.02. The van der Waals surface area contributed by atoms with E-state index in [4.69, 9.17) is 4.42 Å². The SMILES string of the molecule is CN1CCN(Cc2nnc(-c3cc4c(s3)CCCC4)o2)C(c2ccccc2)C1. The molecule has 0 N–H and O–H groups in total. The van der Waals surface area contributed by atoms with Crippen molar-refractivity contribution in [3.8, 4) is 10.8 Å². The summed E-state index contributed by atoms with van der Waals surface area (Å²) in [5.41, 5.74) is 2.83. The van der Waals surface area contributed by atoms with E-state index in [0.29, 0.717) is 24.4 Å². The van der Waals surface area contributed by atoms with Crippen molar-refractivity contribution in [2.75, 3.05) is 26.7 Å². The fourth-order valence-corrected chi connectivity index (χ4v) is 5.50. The minimum Gasteiger partial charge on any atom is -0.419 e. The minimum atomic E-state index is 0.351. The highest BCUT2D eigenvalue weighted by Crippen LogP contribution is 2.35. The lowest BCUT2D eigenvalue weighted by Crippen LogP contribution is -2.46. The van der Waals surface area contributed by atoms with Gasteiger partial charge in [-0.2, -0.15) is 0 Å². The molecule has 1 aliphatic heterocycles. The zero-order valence-corrected chi connectivity index (χ0v) is 17.1. The van der Waals surface area contributed by atoms with Crippen molar-refractivity contribution < 1.29 is 4.42 Å². The van der Waals surface area contributed by atoms with E-state index in [1.807, 2.05) is 11.3 Å².